The van der Waals surface area contributed by atoms with Gasteiger partial charge >= 0.3 is 0 Å². The summed E-state index contributed by atoms with van der Waals surface area (Å²) in [4.78, 5) is 28.0. The molecular weight excluding hydrogens is 388 g/mol. The molecule has 0 fully saturated rings. The van der Waals surface area contributed by atoms with Gasteiger partial charge in [0.15, 0.2) is 0 Å². The Morgan fingerprint density at radius 1 is 0.839 bits per heavy atom. The number of methoxy groups -OCH3 is 1. The van der Waals surface area contributed by atoms with Crippen molar-refractivity contribution in [1.82, 2.24) is 10.2 Å². The maximum absolute atomic E-state index is 13.4. The van der Waals surface area contributed by atoms with Gasteiger partial charge < -0.3 is 15.0 Å². The van der Waals surface area contributed by atoms with Gasteiger partial charge in [-0.15, -0.1) is 0 Å². The number of ether oxygens (including phenoxy) is 1. The first-order valence-corrected chi connectivity index (χ1v) is 10.3. The SMILES string of the molecule is CNC(=O)C(Cc1ccccc1)N(Cc1ccc(OC)cc1)C(=O)Cc1ccccc1. The van der Waals surface area contributed by atoms with Gasteiger partial charge in [-0.1, -0.05) is 72.8 Å². The van der Waals surface area contributed by atoms with Crippen LogP contribution in [-0.2, 0) is 29.0 Å². The van der Waals surface area contributed by atoms with Crippen LogP contribution in [0.4, 0.5) is 0 Å². The van der Waals surface area contributed by atoms with E-state index in [0.29, 0.717) is 13.0 Å². The van der Waals surface area contributed by atoms with Crippen LogP contribution in [0.5, 0.6) is 5.75 Å². The average molecular weight is 417 g/mol. The summed E-state index contributed by atoms with van der Waals surface area (Å²) in [6.07, 6.45) is 0.677. The molecule has 3 aromatic carbocycles. The van der Waals surface area contributed by atoms with Crippen molar-refractivity contribution >= 4 is 11.8 Å². The second-order valence-corrected chi connectivity index (χ2v) is 7.35. The van der Waals surface area contributed by atoms with Crippen LogP contribution in [-0.4, -0.2) is 36.9 Å². The van der Waals surface area contributed by atoms with Crippen molar-refractivity contribution in [2.75, 3.05) is 14.2 Å². The maximum Gasteiger partial charge on any atom is 0.242 e. The normalized spacial score (nSPS) is 11.4. The maximum atomic E-state index is 13.4. The third-order valence-corrected chi connectivity index (χ3v) is 5.23. The highest BCUT2D eigenvalue weighted by Gasteiger charge is 2.29. The fourth-order valence-electron chi connectivity index (χ4n) is 3.52. The summed E-state index contributed by atoms with van der Waals surface area (Å²) >= 11 is 0. The molecule has 3 rings (SSSR count). The molecule has 0 saturated carbocycles. The Hall–Kier alpha value is -3.60. The Kier molecular flexibility index (Phi) is 7.82. The molecule has 2 amide bonds. The van der Waals surface area contributed by atoms with Crippen molar-refractivity contribution in [3.05, 3.63) is 102 Å². The first-order chi connectivity index (χ1) is 15.1. The molecule has 0 bridgehead atoms. The van der Waals surface area contributed by atoms with E-state index in [2.05, 4.69) is 5.32 Å². The number of likely N-dealkylation sites (N-methyl/N-ethyl adjacent to an activating group) is 1. The Bertz CT molecular complexity index is 973. The number of nitrogens with zero attached hydrogens (tertiary/aromatic N) is 1. The van der Waals surface area contributed by atoms with E-state index in [-0.39, 0.29) is 18.2 Å². The minimum atomic E-state index is -0.620. The van der Waals surface area contributed by atoms with Crippen LogP contribution >= 0.6 is 0 Å². The van der Waals surface area contributed by atoms with Gasteiger partial charge in [0.2, 0.25) is 11.8 Å². The lowest BCUT2D eigenvalue weighted by Gasteiger charge is -2.31. The summed E-state index contributed by atoms with van der Waals surface area (Å²) in [7, 11) is 3.22. The number of carbonyl (C=O) groups is 2. The molecule has 0 aliphatic heterocycles. The quantitative estimate of drug-likeness (QED) is 0.580. The molecule has 0 spiro atoms. The smallest absolute Gasteiger partial charge is 0.242 e. The molecule has 0 heterocycles. The van der Waals surface area contributed by atoms with Gasteiger partial charge in [0, 0.05) is 20.0 Å². The highest BCUT2D eigenvalue weighted by Crippen LogP contribution is 2.18. The summed E-state index contributed by atoms with van der Waals surface area (Å²) in [6.45, 7) is 0.334. The molecule has 1 atom stereocenters. The predicted octanol–water partition coefficient (Wildman–Crippen LogP) is 3.62. The molecule has 5 heteroatoms. The zero-order chi connectivity index (χ0) is 22.1. The largest absolute Gasteiger partial charge is 0.497 e. The summed E-state index contributed by atoms with van der Waals surface area (Å²) < 4.78 is 5.24. The van der Waals surface area contributed by atoms with Gasteiger partial charge in [-0.3, -0.25) is 9.59 Å². The molecule has 0 radical (unpaired) electrons. The standard InChI is InChI=1S/C26H28N2O3/c1-27-26(30)24(17-20-9-5-3-6-10-20)28(19-22-13-15-23(31-2)16-14-22)25(29)18-21-11-7-4-8-12-21/h3-16,24H,17-19H2,1-2H3,(H,27,30). The van der Waals surface area contributed by atoms with E-state index < -0.39 is 6.04 Å². The highest BCUT2D eigenvalue weighted by molar-refractivity contribution is 5.88. The summed E-state index contributed by atoms with van der Waals surface area (Å²) in [5.41, 5.74) is 2.86. The van der Waals surface area contributed by atoms with E-state index in [1.807, 2.05) is 84.9 Å². The van der Waals surface area contributed by atoms with Crippen LogP contribution in [0.3, 0.4) is 0 Å². The predicted molar refractivity (Wildman–Crippen MR) is 122 cm³/mol. The molecule has 31 heavy (non-hydrogen) atoms. The number of hydrogen-bond acceptors (Lipinski definition) is 3. The monoisotopic (exact) mass is 416 g/mol. The van der Waals surface area contributed by atoms with E-state index in [0.717, 1.165) is 22.4 Å². The minimum absolute atomic E-state index is 0.0912. The topological polar surface area (TPSA) is 58.6 Å². The molecule has 0 aliphatic rings. The first-order valence-electron chi connectivity index (χ1n) is 10.3. The summed E-state index contributed by atoms with van der Waals surface area (Å²) in [5, 5.41) is 2.74. The molecule has 3 aromatic rings. The van der Waals surface area contributed by atoms with Crippen molar-refractivity contribution < 1.29 is 14.3 Å². The number of carbonyl (C=O) groups excluding carboxylic acids is 2. The van der Waals surface area contributed by atoms with Crippen molar-refractivity contribution in [3.63, 3.8) is 0 Å². The van der Waals surface area contributed by atoms with Crippen molar-refractivity contribution in [3.8, 4) is 5.75 Å². The third-order valence-electron chi connectivity index (χ3n) is 5.23. The lowest BCUT2D eigenvalue weighted by atomic mass is 10.0. The van der Waals surface area contributed by atoms with Crippen LogP contribution in [0.1, 0.15) is 16.7 Å². The number of amides is 2. The fraction of sp³-hybridized carbons (Fsp3) is 0.231. The van der Waals surface area contributed by atoms with Crippen LogP contribution < -0.4 is 10.1 Å². The second kappa shape index (κ2) is 11.0. The number of hydrogen-bond donors (Lipinski definition) is 1. The van der Waals surface area contributed by atoms with Gasteiger partial charge in [0.1, 0.15) is 11.8 Å². The molecule has 0 aromatic heterocycles. The Labute approximate surface area is 183 Å². The van der Waals surface area contributed by atoms with Gasteiger partial charge in [-0.25, -0.2) is 0 Å². The molecule has 5 nitrogen and oxygen atoms in total. The minimum Gasteiger partial charge on any atom is -0.497 e. The third kappa shape index (κ3) is 6.19. The second-order valence-electron chi connectivity index (χ2n) is 7.35. The van der Waals surface area contributed by atoms with Crippen LogP contribution in [0.25, 0.3) is 0 Å². The number of benzene rings is 3. The van der Waals surface area contributed by atoms with Crippen molar-refractivity contribution in [1.29, 1.82) is 0 Å². The van der Waals surface area contributed by atoms with Crippen LogP contribution in [0.2, 0.25) is 0 Å². The van der Waals surface area contributed by atoms with E-state index in [1.165, 1.54) is 0 Å². The Balaban J connectivity index is 1.91. The zero-order valence-electron chi connectivity index (χ0n) is 18.0. The lowest BCUT2D eigenvalue weighted by molar-refractivity contribution is -0.140. The number of nitrogens with one attached hydrogen (secondary N) is 1. The van der Waals surface area contributed by atoms with Gasteiger partial charge in [0.05, 0.1) is 13.5 Å². The van der Waals surface area contributed by atoms with E-state index in [1.54, 1.807) is 19.1 Å². The van der Waals surface area contributed by atoms with E-state index in [9.17, 15) is 9.59 Å². The van der Waals surface area contributed by atoms with Crippen LogP contribution in [0, 0.1) is 0 Å². The van der Waals surface area contributed by atoms with Gasteiger partial charge in [0.25, 0.3) is 0 Å². The van der Waals surface area contributed by atoms with Crippen molar-refractivity contribution in [2.24, 2.45) is 0 Å². The Morgan fingerprint density at radius 2 is 1.42 bits per heavy atom. The van der Waals surface area contributed by atoms with Crippen LogP contribution in [0.15, 0.2) is 84.9 Å². The highest BCUT2D eigenvalue weighted by atomic mass is 16.5. The molecule has 0 saturated heterocycles. The van der Waals surface area contributed by atoms with E-state index >= 15 is 0 Å². The van der Waals surface area contributed by atoms with Crippen molar-refractivity contribution in [2.45, 2.75) is 25.4 Å². The summed E-state index contributed by atoms with van der Waals surface area (Å²) in [5.74, 6) is 0.475. The van der Waals surface area contributed by atoms with E-state index in [4.69, 9.17) is 4.74 Å². The number of rotatable bonds is 9. The molecular formula is C26H28N2O3. The molecule has 1 N–H and O–H groups in total. The molecule has 1 unspecified atom stereocenters. The van der Waals surface area contributed by atoms with Gasteiger partial charge in [-0.05, 0) is 28.8 Å². The zero-order valence-corrected chi connectivity index (χ0v) is 18.0. The lowest BCUT2D eigenvalue weighted by Crippen LogP contribution is -2.50. The van der Waals surface area contributed by atoms with Gasteiger partial charge in [-0.2, -0.15) is 0 Å². The summed E-state index contributed by atoms with van der Waals surface area (Å²) in [6, 6.07) is 26.3. The molecule has 0 aliphatic carbocycles. The Morgan fingerprint density at radius 3 is 1.97 bits per heavy atom. The fourth-order valence-corrected chi connectivity index (χ4v) is 3.52. The average Bonchev–Trinajstić information content (AvgIpc) is 2.82. The molecule has 160 valence electrons. The first kappa shape index (κ1) is 22.1.